The van der Waals surface area contributed by atoms with E-state index in [1.165, 1.54) is 5.56 Å². The number of ketones is 1. The molecular formula is C13H13NO. The van der Waals surface area contributed by atoms with Crippen LogP contribution in [0.5, 0.6) is 0 Å². The summed E-state index contributed by atoms with van der Waals surface area (Å²) in [5, 5.41) is 1.08. The standard InChI is InChI=1S/C13H13NO/c1-8-2-5-12-10(6-8)11(7-14-12)13(15)9-3-4-9/h2,5-7,9,14H,3-4H2,1H3. The van der Waals surface area contributed by atoms with Gasteiger partial charge in [-0.05, 0) is 31.9 Å². The first-order valence-electron chi connectivity index (χ1n) is 5.37. The van der Waals surface area contributed by atoms with E-state index in [-0.39, 0.29) is 0 Å². The highest BCUT2D eigenvalue weighted by Gasteiger charge is 2.31. The second-order valence-corrected chi connectivity index (χ2v) is 4.39. The van der Waals surface area contributed by atoms with Crippen molar-refractivity contribution in [2.75, 3.05) is 0 Å². The molecule has 1 aromatic heterocycles. The molecule has 0 radical (unpaired) electrons. The Hall–Kier alpha value is -1.57. The average Bonchev–Trinajstić information content (AvgIpc) is 2.98. The molecule has 76 valence electrons. The highest BCUT2D eigenvalue weighted by molar-refractivity contribution is 6.09. The van der Waals surface area contributed by atoms with Crippen molar-refractivity contribution in [3.05, 3.63) is 35.5 Å². The van der Waals surface area contributed by atoms with E-state index in [2.05, 4.69) is 24.0 Å². The van der Waals surface area contributed by atoms with Crippen molar-refractivity contribution >= 4 is 16.7 Å². The summed E-state index contributed by atoms with van der Waals surface area (Å²) in [6, 6.07) is 6.18. The Morgan fingerprint density at radius 2 is 2.20 bits per heavy atom. The number of fused-ring (bicyclic) bond motifs is 1. The van der Waals surface area contributed by atoms with Crippen molar-refractivity contribution in [2.24, 2.45) is 5.92 Å². The number of hydrogen-bond acceptors (Lipinski definition) is 1. The minimum absolute atomic E-state index is 0.296. The summed E-state index contributed by atoms with van der Waals surface area (Å²) in [6.07, 6.45) is 3.99. The van der Waals surface area contributed by atoms with Gasteiger partial charge in [-0.2, -0.15) is 0 Å². The maximum absolute atomic E-state index is 12.0. The lowest BCUT2D eigenvalue weighted by Gasteiger charge is -1.97. The summed E-state index contributed by atoms with van der Waals surface area (Å²) in [7, 11) is 0. The molecule has 0 amide bonds. The molecular weight excluding hydrogens is 186 g/mol. The zero-order valence-corrected chi connectivity index (χ0v) is 8.71. The van der Waals surface area contributed by atoms with Crippen molar-refractivity contribution in [1.29, 1.82) is 0 Å². The van der Waals surface area contributed by atoms with Crippen LogP contribution in [0.3, 0.4) is 0 Å². The SMILES string of the molecule is Cc1ccc2[nH]cc(C(=O)C3CC3)c2c1. The van der Waals surface area contributed by atoms with Crippen LogP contribution in [0.15, 0.2) is 24.4 Å². The highest BCUT2D eigenvalue weighted by atomic mass is 16.1. The van der Waals surface area contributed by atoms with Crippen LogP contribution in [0.2, 0.25) is 0 Å². The fourth-order valence-corrected chi connectivity index (χ4v) is 2.00. The molecule has 2 heteroatoms. The summed E-state index contributed by atoms with van der Waals surface area (Å²) in [5.41, 5.74) is 3.13. The molecule has 15 heavy (non-hydrogen) atoms. The monoisotopic (exact) mass is 199 g/mol. The van der Waals surface area contributed by atoms with Crippen LogP contribution < -0.4 is 0 Å². The number of Topliss-reactive ketones (excluding diaryl/α,β-unsaturated/α-hetero) is 1. The first-order valence-corrected chi connectivity index (χ1v) is 5.37. The summed E-state index contributed by atoms with van der Waals surface area (Å²) in [5.74, 6) is 0.608. The van der Waals surface area contributed by atoms with Crippen molar-refractivity contribution in [2.45, 2.75) is 19.8 Å². The van der Waals surface area contributed by atoms with Crippen molar-refractivity contribution in [3.63, 3.8) is 0 Å². The van der Waals surface area contributed by atoms with Gasteiger partial charge in [0.2, 0.25) is 0 Å². The van der Waals surface area contributed by atoms with Crippen LogP contribution in [0, 0.1) is 12.8 Å². The normalized spacial score (nSPS) is 15.8. The van der Waals surface area contributed by atoms with Crippen molar-refractivity contribution < 1.29 is 4.79 Å². The Kier molecular flexibility index (Phi) is 1.72. The lowest BCUT2D eigenvalue weighted by Crippen LogP contribution is -1.99. The molecule has 0 saturated heterocycles. The van der Waals surface area contributed by atoms with E-state index in [0.29, 0.717) is 11.7 Å². The molecule has 1 N–H and O–H groups in total. The molecule has 1 heterocycles. The quantitative estimate of drug-likeness (QED) is 0.741. The van der Waals surface area contributed by atoms with Crippen LogP contribution >= 0.6 is 0 Å². The van der Waals surface area contributed by atoms with E-state index in [4.69, 9.17) is 0 Å². The summed E-state index contributed by atoms with van der Waals surface area (Å²) >= 11 is 0. The van der Waals surface area contributed by atoms with Gasteiger partial charge in [-0.15, -0.1) is 0 Å². The Morgan fingerprint density at radius 1 is 1.40 bits per heavy atom. The van der Waals surface area contributed by atoms with Crippen LogP contribution in [-0.4, -0.2) is 10.8 Å². The highest BCUT2D eigenvalue weighted by Crippen LogP contribution is 2.34. The summed E-state index contributed by atoms with van der Waals surface area (Å²) in [4.78, 5) is 15.1. The molecule has 1 aliphatic rings. The van der Waals surface area contributed by atoms with Gasteiger partial charge in [-0.3, -0.25) is 4.79 Å². The number of carbonyl (C=O) groups excluding carboxylic acids is 1. The van der Waals surface area contributed by atoms with E-state index in [9.17, 15) is 4.79 Å². The minimum Gasteiger partial charge on any atom is -0.360 e. The first kappa shape index (κ1) is 8.72. The Morgan fingerprint density at radius 3 is 2.93 bits per heavy atom. The second kappa shape index (κ2) is 2.96. The average molecular weight is 199 g/mol. The first-order chi connectivity index (χ1) is 7.25. The van der Waals surface area contributed by atoms with E-state index in [0.717, 1.165) is 29.3 Å². The predicted octanol–water partition coefficient (Wildman–Crippen LogP) is 3.07. The number of aryl methyl sites for hydroxylation is 1. The molecule has 1 aliphatic carbocycles. The Balaban J connectivity index is 2.17. The van der Waals surface area contributed by atoms with Crippen LogP contribution in [-0.2, 0) is 0 Å². The van der Waals surface area contributed by atoms with Gasteiger partial charge in [0.05, 0.1) is 0 Å². The van der Waals surface area contributed by atoms with Crippen LogP contribution in [0.25, 0.3) is 10.9 Å². The zero-order valence-electron chi connectivity index (χ0n) is 8.71. The topological polar surface area (TPSA) is 32.9 Å². The number of H-pyrrole nitrogens is 1. The third kappa shape index (κ3) is 1.37. The molecule has 1 aromatic carbocycles. The Labute approximate surface area is 88.3 Å². The number of aromatic nitrogens is 1. The molecule has 0 aliphatic heterocycles. The van der Waals surface area contributed by atoms with E-state index < -0.39 is 0 Å². The second-order valence-electron chi connectivity index (χ2n) is 4.39. The van der Waals surface area contributed by atoms with Crippen molar-refractivity contribution in [1.82, 2.24) is 4.98 Å². The third-order valence-electron chi connectivity index (χ3n) is 3.05. The number of hydrogen-bond donors (Lipinski definition) is 1. The molecule has 2 aromatic rings. The molecule has 3 rings (SSSR count). The zero-order chi connectivity index (χ0) is 10.4. The van der Waals surface area contributed by atoms with Gasteiger partial charge in [0.25, 0.3) is 0 Å². The van der Waals surface area contributed by atoms with Crippen LogP contribution in [0.4, 0.5) is 0 Å². The van der Waals surface area contributed by atoms with Gasteiger partial charge >= 0.3 is 0 Å². The number of aromatic amines is 1. The number of carbonyl (C=O) groups is 1. The van der Waals surface area contributed by atoms with Gasteiger partial charge in [0.15, 0.2) is 5.78 Å². The number of benzene rings is 1. The Bertz CT molecular complexity index is 534. The molecule has 1 saturated carbocycles. The predicted molar refractivity (Wildman–Crippen MR) is 60.1 cm³/mol. The van der Waals surface area contributed by atoms with Gasteiger partial charge in [-0.25, -0.2) is 0 Å². The van der Waals surface area contributed by atoms with E-state index in [1.807, 2.05) is 12.3 Å². The van der Waals surface area contributed by atoms with Crippen molar-refractivity contribution in [3.8, 4) is 0 Å². The van der Waals surface area contributed by atoms with E-state index in [1.54, 1.807) is 0 Å². The molecule has 1 fully saturated rings. The molecule has 0 atom stereocenters. The lowest BCUT2D eigenvalue weighted by atomic mass is 10.0. The fourth-order valence-electron chi connectivity index (χ4n) is 2.00. The molecule has 0 spiro atoms. The maximum atomic E-state index is 12.0. The van der Waals surface area contributed by atoms with Crippen LogP contribution in [0.1, 0.15) is 28.8 Å². The fraction of sp³-hybridized carbons (Fsp3) is 0.308. The molecule has 0 unspecified atom stereocenters. The summed E-state index contributed by atoms with van der Waals surface area (Å²) < 4.78 is 0. The maximum Gasteiger partial charge on any atom is 0.168 e. The largest absolute Gasteiger partial charge is 0.360 e. The molecule has 0 bridgehead atoms. The number of nitrogens with one attached hydrogen (secondary N) is 1. The van der Waals surface area contributed by atoms with Gasteiger partial charge in [0.1, 0.15) is 0 Å². The van der Waals surface area contributed by atoms with Gasteiger partial charge < -0.3 is 4.98 Å². The van der Waals surface area contributed by atoms with Gasteiger partial charge in [0, 0.05) is 28.6 Å². The summed E-state index contributed by atoms with van der Waals surface area (Å²) in [6.45, 7) is 2.05. The minimum atomic E-state index is 0.296. The third-order valence-corrected chi connectivity index (χ3v) is 3.05. The lowest BCUT2D eigenvalue weighted by molar-refractivity contribution is 0.0969. The smallest absolute Gasteiger partial charge is 0.168 e. The van der Waals surface area contributed by atoms with Gasteiger partial charge in [-0.1, -0.05) is 11.6 Å². The number of rotatable bonds is 2. The van der Waals surface area contributed by atoms with E-state index >= 15 is 0 Å². The molecule has 2 nitrogen and oxygen atoms in total.